The van der Waals surface area contributed by atoms with Gasteiger partial charge in [-0.3, -0.25) is 0 Å². The summed E-state index contributed by atoms with van der Waals surface area (Å²) in [6.45, 7) is 14.1. The minimum Gasteiger partial charge on any atom is -0.329 e. The number of hydrogen-bond donors (Lipinski definition) is 6. The quantitative estimate of drug-likeness (QED) is 0.145. The highest BCUT2D eigenvalue weighted by molar-refractivity contribution is 4.69. The molecule has 0 aromatic carbocycles. The fourth-order valence-corrected chi connectivity index (χ4v) is 1.51. The van der Waals surface area contributed by atoms with Gasteiger partial charge in [0.05, 0.1) is 0 Å². The third kappa shape index (κ3) is 17.5. The van der Waals surface area contributed by atoms with Gasteiger partial charge in [0, 0.05) is 72.0 Å². The lowest BCUT2D eigenvalue weighted by molar-refractivity contribution is 0.562. The van der Waals surface area contributed by atoms with Gasteiger partial charge < -0.3 is 32.3 Å². The largest absolute Gasteiger partial charge is 0.329 e. The number of rotatable bonds is 16. The second-order valence-electron chi connectivity index (χ2n) is 4.28. The van der Waals surface area contributed by atoms with Crippen LogP contribution >= 0.6 is 0 Å². The molecule has 6 nitrogen and oxygen atoms in total. The molecule has 0 bridgehead atoms. The average molecular weight is 272 g/mol. The van der Waals surface area contributed by atoms with Gasteiger partial charge in [-0.15, -0.1) is 6.58 Å². The zero-order chi connectivity index (χ0) is 14.0. The molecule has 0 amide bonds. The van der Waals surface area contributed by atoms with Crippen LogP contribution in [0.15, 0.2) is 12.7 Å². The Morgan fingerprint density at radius 3 is 1.37 bits per heavy atom. The third-order valence-corrected chi connectivity index (χ3v) is 2.52. The molecule has 0 unspecified atom stereocenters. The molecule has 0 atom stereocenters. The van der Waals surface area contributed by atoms with E-state index in [4.69, 9.17) is 5.73 Å². The molecule has 0 heterocycles. The molecule has 0 aliphatic rings. The molecule has 0 fully saturated rings. The first kappa shape index (κ1) is 18.5. The van der Waals surface area contributed by atoms with Crippen LogP contribution in [0.2, 0.25) is 0 Å². The normalized spacial score (nSPS) is 10.8. The lowest BCUT2D eigenvalue weighted by Crippen LogP contribution is -2.37. The van der Waals surface area contributed by atoms with Gasteiger partial charge in [-0.25, -0.2) is 0 Å². The number of hydrogen-bond acceptors (Lipinski definition) is 6. The summed E-state index contributed by atoms with van der Waals surface area (Å²) in [6.07, 6.45) is 1.88. The van der Waals surface area contributed by atoms with Gasteiger partial charge in [0.1, 0.15) is 0 Å². The predicted molar refractivity (Wildman–Crippen MR) is 83.6 cm³/mol. The predicted octanol–water partition coefficient (Wildman–Crippen LogP) is -1.92. The van der Waals surface area contributed by atoms with Gasteiger partial charge in [0.2, 0.25) is 0 Å². The molecule has 0 spiro atoms. The maximum Gasteiger partial charge on any atom is 0.0132 e. The van der Waals surface area contributed by atoms with Gasteiger partial charge in [0.25, 0.3) is 0 Å². The SMILES string of the molecule is C=CCNCCNCCNCCNCCNCCN. The lowest BCUT2D eigenvalue weighted by atomic mass is 10.5. The van der Waals surface area contributed by atoms with Crippen molar-refractivity contribution in [2.45, 2.75) is 0 Å². The van der Waals surface area contributed by atoms with E-state index in [1.807, 2.05) is 6.08 Å². The van der Waals surface area contributed by atoms with Crippen LogP contribution in [0, 0.1) is 0 Å². The smallest absolute Gasteiger partial charge is 0.0132 e. The summed E-state index contributed by atoms with van der Waals surface area (Å²) in [5, 5.41) is 16.6. The zero-order valence-corrected chi connectivity index (χ0v) is 12.1. The topological polar surface area (TPSA) is 86.2 Å². The molecular weight excluding hydrogens is 240 g/mol. The molecule has 0 aliphatic carbocycles. The highest BCUT2D eigenvalue weighted by Gasteiger charge is 1.89. The Kier molecular flexibility index (Phi) is 17.0. The summed E-state index contributed by atoms with van der Waals surface area (Å²) in [5.41, 5.74) is 5.38. The van der Waals surface area contributed by atoms with Crippen LogP contribution in [0.5, 0.6) is 0 Å². The molecule has 114 valence electrons. The van der Waals surface area contributed by atoms with Crippen molar-refractivity contribution < 1.29 is 0 Å². The average Bonchev–Trinajstić information content (AvgIpc) is 2.43. The van der Waals surface area contributed by atoms with Crippen LogP contribution in [0.3, 0.4) is 0 Å². The molecule has 0 saturated heterocycles. The van der Waals surface area contributed by atoms with E-state index in [9.17, 15) is 0 Å². The highest BCUT2D eigenvalue weighted by atomic mass is 15.0. The summed E-state index contributed by atoms with van der Waals surface area (Å²) in [5.74, 6) is 0. The molecule has 0 saturated carbocycles. The van der Waals surface area contributed by atoms with E-state index in [2.05, 4.69) is 33.2 Å². The third-order valence-electron chi connectivity index (χ3n) is 2.52. The summed E-state index contributed by atoms with van der Waals surface area (Å²) >= 11 is 0. The Balaban J connectivity index is 2.89. The fourth-order valence-electron chi connectivity index (χ4n) is 1.51. The molecule has 0 aromatic rings. The van der Waals surface area contributed by atoms with Crippen LogP contribution in [-0.4, -0.2) is 72.0 Å². The van der Waals surface area contributed by atoms with Crippen molar-refractivity contribution in [3.05, 3.63) is 12.7 Å². The Morgan fingerprint density at radius 1 is 0.632 bits per heavy atom. The van der Waals surface area contributed by atoms with Gasteiger partial charge in [-0.1, -0.05) is 6.08 Å². The second-order valence-corrected chi connectivity index (χ2v) is 4.28. The van der Waals surface area contributed by atoms with Crippen molar-refractivity contribution in [2.24, 2.45) is 5.73 Å². The van der Waals surface area contributed by atoms with Gasteiger partial charge >= 0.3 is 0 Å². The van der Waals surface area contributed by atoms with Crippen molar-refractivity contribution in [3.63, 3.8) is 0 Å². The molecule has 0 rings (SSSR count). The van der Waals surface area contributed by atoms with Gasteiger partial charge in [0.15, 0.2) is 0 Å². The molecule has 0 aromatic heterocycles. The second kappa shape index (κ2) is 17.5. The Hall–Kier alpha value is -0.500. The molecule has 0 radical (unpaired) electrons. The monoisotopic (exact) mass is 272 g/mol. The van der Waals surface area contributed by atoms with Crippen LogP contribution in [0.1, 0.15) is 0 Å². The molecule has 0 aliphatic heterocycles. The maximum absolute atomic E-state index is 5.38. The Labute approximate surface area is 118 Å². The highest BCUT2D eigenvalue weighted by Crippen LogP contribution is 1.64. The fraction of sp³-hybridized carbons (Fsp3) is 0.846. The molecule has 19 heavy (non-hydrogen) atoms. The van der Waals surface area contributed by atoms with E-state index in [0.717, 1.165) is 65.4 Å². The van der Waals surface area contributed by atoms with E-state index in [1.165, 1.54) is 0 Å². The minimum absolute atomic E-state index is 0.706. The van der Waals surface area contributed by atoms with Crippen molar-refractivity contribution in [2.75, 3.05) is 72.0 Å². The number of nitrogens with two attached hydrogens (primary N) is 1. The van der Waals surface area contributed by atoms with Gasteiger partial charge in [-0.2, -0.15) is 0 Å². The van der Waals surface area contributed by atoms with E-state index < -0.39 is 0 Å². The van der Waals surface area contributed by atoms with Crippen LogP contribution in [0.25, 0.3) is 0 Å². The summed E-state index contributed by atoms with van der Waals surface area (Å²) in [4.78, 5) is 0. The molecular formula is C13H32N6. The maximum atomic E-state index is 5.38. The van der Waals surface area contributed by atoms with Gasteiger partial charge in [-0.05, 0) is 0 Å². The summed E-state index contributed by atoms with van der Waals surface area (Å²) in [7, 11) is 0. The van der Waals surface area contributed by atoms with Crippen molar-refractivity contribution in [3.8, 4) is 0 Å². The molecule has 6 heteroatoms. The van der Waals surface area contributed by atoms with E-state index in [1.54, 1.807) is 0 Å². The standard InChI is InChI=1S/C13H32N6/c1-2-4-15-6-8-17-10-12-19-13-11-18-9-7-16-5-3-14/h2,15-19H,1,3-14H2. The van der Waals surface area contributed by atoms with E-state index >= 15 is 0 Å². The lowest BCUT2D eigenvalue weighted by Gasteiger charge is -2.08. The first-order chi connectivity index (χ1) is 9.41. The van der Waals surface area contributed by atoms with Crippen molar-refractivity contribution in [1.82, 2.24) is 26.6 Å². The zero-order valence-electron chi connectivity index (χ0n) is 12.1. The van der Waals surface area contributed by atoms with Crippen LogP contribution < -0.4 is 32.3 Å². The van der Waals surface area contributed by atoms with E-state index in [0.29, 0.717) is 6.54 Å². The van der Waals surface area contributed by atoms with Crippen molar-refractivity contribution >= 4 is 0 Å². The summed E-state index contributed by atoms with van der Waals surface area (Å²) < 4.78 is 0. The van der Waals surface area contributed by atoms with Crippen LogP contribution in [0.4, 0.5) is 0 Å². The first-order valence-corrected chi connectivity index (χ1v) is 7.26. The Bertz CT molecular complexity index is 177. The molecule has 7 N–H and O–H groups in total. The summed E-state index contributed by atoms with van der Waals surface area (Å²) in [6, 6.07) is 0. The Morgan fingerprint density at radius 2 is 1.00 bits per heavy atom. The minimum atomic E-state index is 0.706. The first-order valence-electron chi connectivity index (χ1n) is 7.26. The van der Waals surface area contributed by atoms with Crippen molar-refractivity contribution in [1.29, 1.82) is 0 Å². The van der Waals surface area contributed by atoms with Crippen LogP contribution in [-0.2, 0) is 0 Å². The number of nitrogens with one attached hydrogen (secondary N) is 5. The van der Waals surface area contributed by atoms with E-state index in [-0.39, 0.29) is 0 Å².